The number of hydrogen-bond acceptors (Lipinski definition) is 4. The van der Waals surface area contributed by atoms with Crippen LogP contribution in [-0.4, -0.2) is 48.2 Å². The Morgan fingerprint density at radius 1 is 1.32 bits per heavy atom. The normalized spacial score (nSPS) is 19.7. The maximum atomic E-state index is 12.0. The van der Waals surface area contributed by atoms with Crippen molar-refractivity contribution >= 4 is 11.9 Å². The van der Waals surface area contributed by atoms with E-state index in [0.29, 0.717) is 31.1 Å². The lowest BCUT2D eigenvalue weighted by Crippen LogP contribution is -2.29. The second kappa shape index (κ2) is 7.42. The molecular formula is C19H21NO5. The molecule has 1 N–H and O–H groups in total. The number of nitrogens with zero attached hydrogens (tertiary/aromatic N) is 1. The van der Waals surface area contributed by atoms with Gasteiger partial charge in [-0.3, -0.25) is 4.79 Å². The monoisotopic (exact) mass is 343 g/mol. The quantitative estimate of drug-likeness (QED) is 0.859. The molecule has 2 aliphatic rings. The van der Waals surface area contributed by atoms with E-state index in [4.69, 9.17) is 9.47 Å². The smallest absolute Gasteiger partial charge is 0.335 e. The summed E-state index contributed by atoms with van der Waals surface area (Å²) in [7, 11) is 1.72. The Bertz CT molecular complexity index is 737. The van der Waals surface area contributed by atoms with Gasteiger partial charge in [0.2, 0.25) is 0 Å². The van der Waals surface area contributed by atoms with Gasteiger partial charge in [0.25, 0.3) is 5.91 Å². The first-order chi connectivity index (χ1) is 12.0. The van der Waals surface area contributed by atoms with Crippen molar-refractivity contribution in [3.8, 4) is 11.5 Å². The topological polar surface area (TPSA) is 76.1 Å². The van der Waals surface area contributed by atoms with E-state index in [9.17, 15) is 14.7 Å². The van der Waals surface area contributed by atoms with Gasteiger partial charge in [-0.05, 0) is 30.5 Å². The van der Waals surface area contributed by atoms with E-state index in [1.165, 1.54) is 12.1 Å². The average molecular weight is 343 g/mol. The molecule has 0 spiro atoms. The number of carboxylic acid groups (broad SMARTS) is 1. The highest BCUT2D eigenvalue weighted by molar-refractivity contribution is 5.89. The van der Waals surface area contributed by atoms with Crippen molar-refractivity contribution < 1.29 is 24.2 Å². The number of hydrogen-bond donors (Lipinski definition) is 1. The third-order valence-electron chi connectivity index (χ3n) is 4.31. The van der Waals surface area contributed by atoms with Crippen LogP contribution in [0, 0.1) is 0 Å². The van der Waals surface area contributed by atoms with Crippen molar-refractivity contribution in [2.45, 2.75) is 25.4 Å². The van der Waals surface area contributed by atoms with Crippen molar-refractivity contribution in [1.29, 1.82) is 0 Å². The summed E-state index contributed by atoms with van der Waals surface area (Å²) in [6, 6.07) is 4.53. The molecule has 0 unspecified atom stereocenters. The van der Waals surface area contributed by atoms with Gasteiger partial charge in [-0.1, -0.05) is 18.2 Å². The van der Waals surface area contributed by atoms with Crippen LogP contribution < -0.4 is 9.47 Å². The minimum Gasteiger partial charge on any atom is -0.489 e. The summed E-state index contributed by atoms with van der Waals surface area (Å²) in [5.74, 6) is -0.405. The average Bonchev–Trinajstić information content (AvgIpc) is 2.93. The Morgan fingerprint density at radius 2 is 2.12 bits per heavy atom. The largest absolute Gasteiger partial charge is 0.489 e. The fourth-order valence-electron chi connectivity index (χ4n) is 2.86. The molecule has 0 aromatic heterocycles. The molecule has 1 aliphatic carbocycles. The number of amides is 1. The van der Waals surface area contributed by atoms with Crippen molar-refractivity contribution in [2.75, 3.05) is 20.2 Å². The zero-order chi connectivity index (χ0) is 17.8. The van der Waals surface area contributed by atoms with Crippen LogP contribution in [0.15, 0.2) is 42.0 Å². The minimum absolute atomic E-state index is 0.0730. The van der Waals surface area contributed by atoms with E-state index in [-0.39, 0.29) is 11.5 Å². The van der Waals surface area contributed by atoms with Crippen molar-refractivity contribution in [2.24, 2.45) is 0 Å². The molecule has 1 aliphatic heterocycles. The number of benzene rings is 1. The molecule has 1 aromatic rings. The van der Waals surface area contributed by atoms with E-state index in [1.807, 2.05) is 12.2 Å². The third kappa shape index (κ3) is 4.21. The first-order valence-electron chi connectivity index (χ1n) is 8.30. The molecule has 6 heteroatoms. The Balaban J connectivity index is 1.75. The summed E-state index contributed by atoms with van der Waals surface area (Å²) in [4.78, 5) is 24.9. The van der Waals surface area contributed by atoms with Gasteiger partial charge in [0.1, 0.15) is 18.1 Å². The summed E-state index contributed by atoms with van der Waals surface area (Å²) in [5.41, 5.74) is 1.22. The first-order valence-corrected chi connectivity index (χ1v) is 8.30. The predicted molar refractivity (Wildman–Crippen MR) is 92.0 cm³/mol. The molecular weight excluding hydrogens is 322 g/mol. The standard InChI is InChI=1S/C19H21NO5/c1-20-8-7-17(18(20)21)25-16-10-14(19(22)23)9-15(11-16)24-12-13-5-3-2-4-6-13/h2-3,5,9-11,17H,4,6-8,12H2,1H3,(H,22,23)/t17-/m0/s1. The molecule has 1 aromatic carbocycles. The SMILES string of the molecule is CN1CC[C@H](Oc2cc(OCC3=CC=CCC3)cc(C(=O)O)c2)C1=O. The van der Waals surface area contributed by atoms with E-state index in [0.717, 1.165) is 18.4 Å². The minimum atomic E-state index is -1.06. The lowest BCUT2D eigenvalue weighted by molar-refractivity contribution is -0.132. The van der Waals surface area contributed by atoms with Crippen LogP contribution in [0.1, 0.15) is 29.6 Å². The number of carbonyl (C=O) groups excluding carboxylic acids is 1. The summed E-state index contributed by atoms with van der Waals surface area (Å²) in [6.07, 6.45) is 8.02. The highest BCUT2D eigenvalue weighted by Crippen LogP contribution is 2.27. The lowest BCUT2D eigenvalue weighted by Gasteiger charge is -2.16. The number of aromatic carboxylic acids is 1. The van der Waals surface area contributed by atoms with E-state index in [2.05, 4.69) is 6.08 Å². The summed E-state index contributed by atoms with van der Waals surface area (Å²) in [5, 5.41) is 9.30. The maximum Gasteiger partial charge on any atom is 0.335 e. The molecule has 3 rings (SSSR count). The zero-order valence-electron chi connectivity index (χ0n) is 14.1. The molecule has 25 heavy (non-hydrogen) atoms. The fourth-order valence-corrected chi connectivity index (χ4v) is 2.86. The van der Waals surface area contributed by atoms with Gasteiger partial charge in [0.05, 0.1) is 5.56 Å². The van der Waals surface area contributed by atoms with Crippen LogP contribution in [0.25, 0.3) is 0 Å². The highest BCUT2D eigenvalue weighted by Gasteiger charge is 2.31. The van der Waals surface area contributed by atoms with E-state index >= 15 is 0 Å². The number of ether oxygens (including phenoxy) is 2. The van der Waals surface area contributed by atoms with Gasteiger partial charge in [-0.15, -0.1) is 0 Å². The molecule has 132 valence electrons. The Hall–Kier alpha value is -2.76. The molecule has 0 radical (unpaired) electrons. The van der Waals surface area contributed by atoms with Gasteiger partial charge < -0.3 is 19.5 Å². The fraction of sp³-hybridized carbons (Fsp3) is 0.368. The third-order valence-corrected chi connectivity index (χ3v) is 4.31. The second-order valence-corrected chi connectivity index (χ2v) is 6.23. The van der Waals surface area contributed by atoms with Gasteiger partial charge in [0, 0.05) is 26.1 Å². The number of likely N-dealkylation sites (tertiary alicyclic amines) is 1. The summed E-state index contributed by atoms with van der Waals surface area (Å²) < 4.78 is 11.5. The van der Waals surface area contributed by atoms with E-state index in [1.54, 1.807) is 18.0 Å². The number of carboxylic acids is 1. The maximum absolute atomic E-state index is 12.0. The number of likely N-dealkylation sites (N-methyl/N-ethyl adjacent to an activating group) is 1. The molecule has 6 nitrogen and oxygen atoms in total. The van der Waals surface area contributed by atoms with Crippen LogP contribution in [0.4, 0.5) is 0 Å². The number of allylic oxidation sites excluding steroid dienone is 3. The van der Waals surface area contributed by atoms with Crippen LogP contribution in [-0.2, 0) is 4.79 Å². The van der Waals surface area contributed by atoms with Crippen LogP contribution in [0.2, 0.25) is 0 Å². The molecule has 0 bridgehead atoms. The van der Waals surface area contributed by atoms with Crippen molar-refractivity contribution in [1.82, 2.24) is 4.90 Å². The molecule has 0 saturated carbocycles. The van der Waals surface area contributed by atoms with Gasteiger partial charge >= 0.3 is 5.97 Å². The highest BCUT2D eigenvalue weighted by atomic mass is 16.5. The predicted octanol–water partition coefficient (Wildman–Crippen LogP) is 2.65. The molecule has 1 heterocycles. The molecule has 1 saturated heterocycles. The Morgan fingerprint density at radius 3 is 2.76 bits per heavy atom. The number of carbonyl (C=O) groups is 2. The summed E-state index contributed by atoms with van der Waals surface area (Å²) in [6.45, 7) is 1.03. The first kappa shape index (κ1) is 17.1. The molecule has 1 atom stereocenters. The Kier molecular flexibility index (Phi) is 5.07. The summed E-state index contributed by atoms with van der Waals surface area (Å²) >= 11 is 0. The Labute approximate surface area is 146 Å². The lowest BCUT2D eigenvalue weighted by atomic mass is 10.1. The van der Waals surface area contributed by atoms with Crippen molar-refractivity contribution in [3.63, 3.8) is 0 Å². The number of rotatable bonds is 6. The molecule has 1 fully saturated rings. The van der Waals surface area contributed by atoms with E-state index < -0.39 is 12.1 Å². The molecule has 1 amide bonds. The van der Waals surface area contributed by atoms with Gasteiger partial charge in [-0.2, -0.15) is 0 Å². The van der Waals surface area contributed by atoms with Crippen LogP contribution >= 0.6 is 0 Å². The van der Waals surface area contributed by atoms with Gasteiger partial charge in [-0.25, -0.2) is 4.79 Å². The van der Waals surface area contributed by atoms with Crippen molar-refractivity contribution in [3.05, 3.63) is 47.6 Å². The van der Waals surface area contributed by atoms with Gasteiger partial charge in [0.15, 0.2) is 6.10 Å². The second-order valence-electron chi connectivity index (χ2n) is 6.23. The van der Waals surface area contributed by atoms with Crippen LogP contribution in [0.5, 0.6) is 11.5 Å². The van der Waals surface area contributed by atoms with Crippen LogP contribution in [0.3, 0.4) is 0 Å². The zero-order valence-corrected chi connectivity index (χ0v) is 14.1.